The molecule has 2 N–H and O–H groups in total. The van der Waals surface area contributed by atoms with E-state index in [0.29, 0.717) is 19.0 Å². The van der Waals surface area contributed by atoms with Crippen molar-refractivity contribution in [3.63, 3.8) is 0 Å². The van der Waals surface area contributed by atoms with Crippen LogP contribution in [0.5, 0.6) is 0 Å². The number of anilines is 1. The third kappa shape index (κ3) is 3.76. The maximum Gasteiger partial charge on any atom is 0.224 e. The second kappa shape index (κ2) is 6.43. The molecule has 1 aliphatic carbocycles. The van der Waals surface area contributed by atoms with E-state index in [0.717, 1.165) is 5.56 Å². The van der Waals surface area contributed by atoms with E-state index in [4.69, 9.17) is 0 Å². The predicted molar refractivity (Wildman–Crippen MR) is 74.7 cm³/mol. The number of hydrogen-bond donors (Lipinski definition) is 2. The van der Waals surface area contributed by atoms with Crippen molar-refractivity contribution in [1.29, 1.82) is 0 Å². The molecule has 18 heavy (non-hydrogen) atoms. The number of carbonyl (C=O) groups is 1. The van der Waals surface area contributed by atoms with Crippen molar-refractivity contribution in [2.24, 2.45) is 0 Å². The number of amides is 1. The van der Waals surface area contributed by atoms with Crippen molar-refractivity contribution in [3.8, 4) is 0 Å². The van der Waals surface area contributed by atoms with Crippen LogP contribution in [0.15, 0.2) is 24.3 Å². The van der Waals surface area contributed by atoms with Crippen LogP contribution < -0.4 is 10.6 Å². The number of likely N-dealkylation sites (N-methyl/N-ethyl adjacent to an activating group) is 1. The molecule has 3 nitrogen and oxygen atoms in total. The molecule has 1 saturated carbocycles. The lowest BCUT2D eigenvalue weighted by atomic mass is 10.1. The van der Waals surface area contributed by atoms with Gasteiger partial charge in [-0.05, 0) is 37.5 Å². The number of benzene rings is 1. The van der Waals surface area contributed by atoms with Crippen molar-refractivity contribution in [1.82, 2.24) is 5.32 Å². The summed E-state index contributed by atoms with van der Waals surface area (Å²) in [5.41, 5.74) is 2.24. The summed E-state index contributed by atoms with van der Waals surface area (Å²) >= 11 is 0. The smallest absolute Gasteiger partial charge is 0.224 e. The Morgan fingerprint density at radius 2 is 1.89 bits per heavy atom. The van der Waals surface area contributed by atoms with Gasteiger partial charge in [0.15, 0.2) is 0 Å². The summed E-state index contributed by atoms with van der Waals surface area (Å²) in [6, 6.07) is 8.86. The van der Waals surface area contributed by atoms with Gasteiger partial charge in [0.25, 0.3) is 0 Å². The van der Waals surface area contributed by atoms with Gasteiger partial charge in [0.1, 0.15) is 0 Å². The van der Waals surface area contributed by atoms with Gasteiger partial charge in [-0.2, -0.15) is 0 Å². The summed E-state index contributed by atoms with van der Waals surface area (Å²) in [6.45, 7) is 2.63. The lowest BCUT2D eigenvalue weighted by molar-refractivity contribution is -0.120. The lowest BCUT2D eigenvalue weighted by Gasteiger charge is -2.13. The maximum absolute atomic E-state index is 11.4. The fraction of sp³-hybridized carbons (Fsp3) is 0.533. The van der Waals surface area contributed by atoms with Crippen LogP contribution in [0.3, 0.4) is 0 Å². The third-order valence-corrected chi connectivity index (χ3v) is 3.42. The van der Waals surface area contributed by atoms with E-state index in [1.807, 2.05) is 19.1 Å². The molecule has 98 valence electrons. The molecule has 1 aromatic rings. The first kappa shape index (κ1) is 12.9. The fourth-order valence-corrected chi connectivity index (χ4v) is 2.47. The first-order chi connectivity index (χ1) is 8.78. The molecule has 0 heterocycles. The summed E-state index contributed by atoms with van der Waals surface area (Å²) < 4.78 is 0. The molecule has 0 atom stereocenters. The van der Waals surface area contributed by atoms with E-state index < -0.39 is 0 Å². The topological polar surface area (TPSA) is 41.1 Å². The second-order valence-electron chi connectivity index (χ2n) is 4.95. The molecule has 1 aromatic carbocycles. The summed E-state index contributed by atoms with van der Waals surface area (Å²) in [5, 5.41) is 6.36. The molecule has 0 aromatic heterocycles. The van der Waals surface area contributed by atoms with Crippen LogP contribution in [0, 0.1) is 0 Å². The molecule has 0 spiro atoms. The first-order valence-corrected chi connectivity index (χ1v) is 6.90. The summed E-state index contributed by atoms with van der Waals surface area (Å²) in [6.07, 6.45) is 5.71. The molecule has 3 heteroatoms. The van der Waals surface area contributed by atoms with Crippen molar-refractivity contribution in [2.45, 2.75) is 45.1 Å². The average Bonchev–Trinajstić information content (AvgIpc) is 2.85. The molecule has 0 radical (unpaired) electrons. The van der Waals surface area contributed by atoms with E-state index in [1.54, 1.807) is 0 Å². The van der Waals surface area contributed by atoms with Crippen molar-refractivity contribution < 1.29 is 4.79 Å². The zero-order valence-corrected chi connectivity index (χ0v) is 11.0. The monoisotopic (exact) mass is 246 g/mol. The lowest BCUT2D eigenvalue weighted by Crippen LogP contribution is -2.24. The van der Waals surface area contributed by atoms with Gasteiger partial charge in [-0.25, -0.2) is 0 Å². The zero-order valence-electron chi connectivity index (χ0n) is 11.0. The molecule has 0 bridgehead atoms. The highest BCUT2D eigenvalue weighted by Gasteiger charge is 2.14. The van der Waals surface area contributed by atoms with E-state index in [-0.39, 0.29) is 5.91 Å². The fourth-order valence-electron chi connectivity index (χ4n) is 2.47. The second-order valence-corrected chi connectivity index (χ2v) is 4.95. The largest absolute Gasteiger partial charge is 0.382 e. The predicted octanol–water partition coefficient (Wildman–Crippen LogP) is 2.72. The quantitative estimate of drug-likeness (QED) is 0.838. The number of rotatable bonds is 5. The summed E-state index contributed by atoms with van der Waals surface area (Å²) in [4.78, 5) is 11.4. The Morgan fingerprint density at radius 1 is 1.22 bits per heavy atom. The minimum atomic E-state index is 0.0917. The van der Waals surface area contributed by atoms with Gasteiger partial charge >= 0.3 is 0 Å². The van der Waals surface area contributed by atoms with Gasteiger partial charge in [0.2, 0.25) is 5.91 Å². The Morgan fingerprint density at radius 3 is 2.50 bits per heavy atom. The average molecular weight is 246 g/mol. The highest BCUT2D eigenvalue weighted by Crippen LogP contribution is 2.22. The highest BCUT2D eigenvalue weighted by atomic mass is 16.1. The third-order valence-electron chi connectivity index (χ3n) is 3.42. The molecule has 0 aliphatic heterocycles. The minimum Gasteiger partial charge on any atom is -0.382 e. The Kier molecular flexibility index (Phi) is 4.62. The number of hydrogen-bond acceptors (Lipinski definition) is 2. The Labute approximate surface area is 109 Å². The number of nitrogens with one attached hydrogen (secondary N) is 2. The minimum absolute atomic E-state index is 0.0917. The maximum atomic E-state index is 11.4. The Balaban J connectivity index is 1.86. The van der Waals surface area contributed by atoms with Crippen molar-refractivity contribution in [3.05, 3.63) is 29.8 Å². The molecule has 1 amide bonds. The standard InChI is InChI=1S/C15H22N2O/c1-2-16-15(18)11-12-7-9-14(10-8-12)17-13-5-3-4-6-13/h7-10,13,17H,2-6,11H2,1H3,(H,16,18). The molecule has 2 rings (SSSR count). The zero-order chi connectivity index (χ0) is 12.8. The SMILES string of the molecule is CCNC(=O)Cc1ccc(NC2CCCC2)cc1. The Bertz CT molecular complexity index is 380. The Hall–Kier alpha value is -1.51. The van der Waals surface area contributed by atoms with Gasteiger partial charge in [-0.15, -0.1) is 0 Å². The van der Waals surface area contributed by atoms with E-state index >= 15 is 0 Å². The van der Waals surface area contributed by atoms with Gasteiger partial charge in [-0.3, -0.25) is 4.79 Å². The van der Waals surface area contributed by atoms with Crippen LogP contribution in [0.2, 0.25) is 0 Å². The van der Waals surface area contributed by atoms with Crippen LogP contribution in [0.1, 0.15) is 38.2 Å². The molecule has 0 unspecified atom stereocenters. The van der Waals surface area contributed by atoms with E-state index in [2.05, 4.69) is 22.8 Å². The van der Waals surface area contributed by atoms with Crippen LogP contribution >= 0.6 is 0 Å². The molecule has 0 saturated heterocycles. The molecular formula is C15H22N2O. The van der Waals surface area contributed by atoms with Gasteiger partial charge in [0.05, 0.1) is 6.42 Å². The van der Waals surface area contributed by atoms with Crippen LogP contribution in [-0.4, -0.2) is 18.5 Å². The van der Waals surface area contributed by atoms with Gasteiger partial charge in [0, 0.05) is 18.3 Å². The van der Waals surface area contributed by atoms with Crippen molar-refractivity contribution in [2.75, 3.05) is 11.9 Å². The van der Waals surface area contributed by atoms with Gasteiger partial charge in [-0.1, -0.05) is 25.0 Å². The molecular weight excluding hydrogens is 224 g/mol. The van der Waals surface area contributed by atoms with Crippen LogP contribution in [-0.2, 0) is 11.2 Å². The summed E-state index contributed by atoms with van der Waals surface area (Å²) in [5.74, 6) is 0.0917. The highest BCUT2D eigenvalue weighted by molar-refractivity contribution is 5.78. The van der Waals surface area contributed by atoms with Gasteiger partial charge < -0.3 is 10.6 Å². The summed E-state index contributed by atoms with van der Waals surface area (Å²) in [7, 11) is 0. The first-order valence-electron chi connectivity index (χ1n) is 6.90. The number of carbonyl (C=O) groups excluding carboxylic acids is 1. The normalized spacial score (nSPS) is 15.6. The van der Waals surface area contributed by atoms with Crippen molar-refractivity contribution >= 4 is 11.6 Å². The van der Waals surface area contributed by atoms with Crippen LogP contribution in [0.4, 0.5) is 5.69 Å². The molecule has 1 aliphatic rings. The van der Waals surface area contributed by atoms with E-state index in [1.165, 1.54) is 31.4 Å². The molecule has 1 fully saturated rings. The van der Waals surface area contributed by atoms with Crippen LogP contribution in [0.25, 0.3) is 0 Å². The van der Waals surface area contributed by atoms with E-state index in [9.17, 15) is 4.79 Å².